The summed E-state index contributed by atoms with van der Waals surface area (Å²) in [4.78, 5) is 18.0. The molecule has 0 aliphatic carbocycles. The molecule has 0 radical (unpaired) electrons. The van der Waals surface area contributed by atoms with E-state index in [0.717, 1.165) is 37.7 Å². The Morgan fingerprint density at radius 2 is 2.26 bits per heavy atom. The number of pyridine rings is 1. The van der Waals surface area contributed by atoms with Gasteiger partial charge in [0.1, 0.15) is 5.82 Å². The number of carbonyl (C=O) groups is 1. The summed E-state index contributed by atoms with van der Waals surface area (Å²) in [6.07, 6.45) is 1.78. The highest BCUT2D eigenvalue weighted by Gasteiger charge is 2.12. The van der Waals surface area contributed by atoms with Gasteiger partial charge in [-0.15, -0.1) is 0 Å². The largest absolute Gasteiger partial charge is 0.378 e. The van der Waals surface area contributed by atoms with E-state index in [2.05, 4.69) is 15.2 Å². The van der Waals surface area contributed by atoms with E-state index in [1.807, 2.05) is 12.1 Å². The van der Waals surface area contributed by atoms with Gasteiger partial charge in [0.15, 0.2) is 0 Å². The van der Waals surface area contributed by atoms with Gasteiger partial charge in [0.05, 0.1) is 19.3 Å². The van der Waals surface area contributed by atoms with E-state index in [9.17, 15) is 4.79 Å². The van der Waals surface area contributed by atoms with Crippen LogP contribution in [0.4, 0.5) is 5.82 Å². The summed E-state index contributed by atoms with van der Waals surface area (Å²) in [5, 5.41) is 2.76. The van der Waals surface area contributed by atoms with E-state index in [1.54, 1.807) is 13.1 Å². The summed E-state index contributed by atoms with van der Waals surface area (Å²) in [6.45, 7) is 5.34. The van der Waals surface area contributed by atoms with Crippen molar-refractivity contribution in [2.75, 3.05) is 31.2 Å². The van der Waals surface area contributed by atoms with E-state index in [0.29, 0.717) is 6.54 Å². The average molecular weight is 264 g/mol. The summed E-state index contributed by atoms with van der Waals surface area (Å²) in [5.74, 6) is 0.794. The maximum Gasteiger partial charge on any atom is 0.236 e. The third kappa shape index (κ3) is 3.90. The van der Waals surface area contributed by atoms with Crippen molar-refractivity contribution in [3.8, 4) is 0 Å². The van der Waals surface area contributed by atoms with E-state index in [4.69, 9.17) is 10.5 Å². The number of carbonyl (C=O) groups excluding carboxylic acids is 1. The molecule has 1 saturated heterocycles. The normalized spacial score (nSPS) is 17.1. The number of hydrogen-bond donors (Lipinski definition) is 2. The van der Waals surface area contributed by atoms with Crippen molar-refractivity contribution in [1.29, 1.82) is 0 Å². The lowest BCUT2D eigenvalue weighted by Gasteiger charge is -2.27. The second-order valence-corrected chi connectivity index (χ2v) is 4.63. The van der Waals surface area contributed by atoms with Gasteiger partial charge in [0, 0.05) is 25.8 Å². The highest BCUT2D eigenvalue weighted by molar-refractivity contribution is 5.80. The molecule has 19 heavy (non-hydrogen) atoms. The summed E-state index contributed by atoms with van der Waals surface area (Å²) in [7, 11) is 0. The van der Waals surface area contributed by atoms with Crippen LogP contribution in [-0.4, -0.2) is 43.2 Å². The second-order valence-electron chi connectivity index (χ2n) is 4.63. The Kier molecular flexibility index (Phi) is 4.70. The molecule has 3 N–H and O–H groups in total. The van der Waals surface area contributed by atoms with Crippen LogP contribution in [0.25, 0.3) is 0 Å². The van der Waals surface area contributed by atoms with Crippen molar-refractivity contribution in [3.05, 3.63) is 23.9 Å². The molecule has 6 heteroatoms. The molecule has 1 amide bonds. The summed E-state index contributed by atoms with van der Waals surface area (Å²) in [5.41, 5.74) is 6.44. The van der Waals surface area contributed by atoms with Crippen molar-refractivity contribution >= 4 is 11.7 Å². The molecule has 0 saturated carbocycles. The number of morpholine rings is 1. The zero-order chi connectivity index (χ0) is 13.7. The Balaban J connectivity index is 1.89. The van der Waals surface area contributed by atoms with Crippen LogP contribution in [-0.2, 0) is 16.1 Å². The van der Waals surface area contributed by atoms with Crippen molar-refractivity contribution in [1.82, 2.24) is 10.3 Å². The molecule has 2 rings (SSSR count). The fraction of sp³-hybridized carbons (Fsp3) is 0.538. The van der Waals surface area contributed by atoms with Gasteiger partial charge >= 0.3 is 0 Å². The number of hydrogen-bond acceptors (Lipinski definition) is 5. The lowest BCUT2D eigenvalue weighted by molar-refractivity contribution is -0.122. The van der Waals surface area contributed by atoms with Gasteiger partial charge in [-0.2, -0.15) is 0 Å². The maximum atomic E-state index is 11.4. The molecule has 1 unspecified atom stereocenters. The third-order valence-corrected chi connectivity index (χ3v) is 3.02. The van der Waals surface area contributed by atoms with Crippen LogP contribution in [0, 0.1) is 0 Å². The first kappa shape index (κ1) is 13.8. The van der Waals surface area contributed by atoms with Gasteiger partial charge in [-0.3, -0.25) is 4.79 Å². The van der Waals surface area contributed by atoms with Gasteiger partial charge in [-0.25, -0.2) is 4.98 Å². The number of amides is 1. The minimum absolute atomic E-state index is 0.155. The molecule has 1 aromatic rings. The molecule has 0 bridgehead atoms. The summed E-state index contributed by atoms with van der Waals surface area (Å²) < 4.78 is 5.30. The molecule has 1 aliphatic rings. The number of nitrogens with one attached hydrogen (secondary N) is 1. The standard InChI is InChI=1S/C13H20N4O2/c1-10(14)13(18)16-9-11-2-3-12(15-8-11)17-4-6-19-7-5-17/h2-3,8,10H,4-7,9,14H2,1H3,(H,16,18). The van der Waals surface area contributed by atoms with E-state index < -0.39 is 6.04 Å². The molecular weight excluding hydrogens is 244 g/mol. The maximum absolute atomic E-state index is 11.4. The first-order valence-electron chi connectivity index (χ1n) is 6.48. The fourth-order valence-electron chi connectivity index (χ4n) is 1.85. The van der Waals surface area contributed by atoms with Crippen LogP contribution >= 0.6 is 0 Å². The van der Waals surface area contributed by atoms with Gasteiger partial charge in [0.25, 0.3) is 0 Å². The van der Waals surface area contributed by atoms with Gasteiger partial charge < -0.3 is 20.7 Å². The zero-order valence-electron chi connectivity index (χ0n) is 11.1. The van der Waals surface area contributed by atoms with Crippen LogP contribution in [0.3, 0.4) is 0 Å². The molecule has 1 aromatic heterocycles. The minimum atomic E-state index is -0.486. The molecule has 1 aliphatic heterocycles. The first-order valence-corrected chi connectivity index (χ1v) is 6.48. The van der Waals surface area contributed by atoms with Crippen molar-refractivity contribution in [2.45, 2.75) is 19.5 Å². The predicted octanol–water partition coefficient (Wildman–Crippen LogP) is -0.118. The number of aromatic nitrogens is 1. The zero-order valence-corrected chi connectivity index (χ0v) is 11.1. The lowest BCUT2D eigenvalue weighted by Crippen LogP contribution is -2.38. The summed E-state index contributed by atoms with van der Waals surface area (Å²) >= 11 is 0. The molecule has 0 spiro atoms. The predicted molar refractivity (Wildman–Crippen MR) is 72.8 cm³/mol. The molecule has 6 nitrogen and oxygen atoms in total. The van der Waals surface area contributed by atoms with Crippen LogP contribution in [0.2, 0.25) is 0 Å². The Morgan fingerprint density at radius 1 is 1.53 bits per heavy atom. The smallest absolute Gasteiger partial charge is 0.236 e. The third-order valence-electron chi connectivity index (χ3n) is 3.02. The minimum Gasteiger partial charge on any atom is -0.378 e. The molecule has 1 fully saturated rings. The number of anilines is 1. The molecule has 104 valence electrons. The molecule has 1 atom stereocenters. The molecule has 0 aromatic carbocycles. The number of rotatable bonds is 4. The van der Waals surface area contributed by atoms with Crippen LogP contribution in [0.1, 0.15) is 12.5 Å². The quantitative estimate of drug-likeness (QED) is 0.792. The number of ether oxygens (including phenoxy) is 1. The fourth-order valence-corrected chi connectivity index (χ4v) is 1.85. The SMILES string of the molecule is CC(N)C(=O)NCc1ccc(N2CCOCC2)nc1. The Bertz CT molecular complexity index is 413. The second kappa shape index (κ2) is 6.49. The van der Waals surface area contributed by atoms with Crippen LogP contribution < -0.4 is 16.0 Å². The van der Waals surface area contributed by atoms with E-state index in [1.165, 1.54) is 0 Å². The van der Waals surface area contributed by atoms with Crippen molar-refractivity contribution in [2.24, 2.45) is 5.73 Å². The monoisotopic (exact) mass is 264 g/mol. The average Bonchev–Trinajstić information content (AvgIpc) is 2.46. The van der Waals surface area contributed by atoms with Crippen molar-refractivity contribution < 1.29 is 9.53 Å². The van der Waals surface area contributed by atoms with Gasteiger partial charge in [-0.05, 0) is 18.6 Å². The van der Waals surface area contributed by atoms with E-state index >= 15 is 0 Å². The Labute approximate surface area is 112 Å². The van der Waals surface area contributed by atoms with Crippen molar-refractivity contribution in [3.63, 3.8) is 0 Å². The number of nitrogens with two attached hydrogens (primary N) is 1. The lowest BCUT2D eigenvalue weighted by atomic mass is 10.2. The van der Waals surface area contributed by atoms with Crippen LogP contribution in [0.5, 0.6) is 0 Å². The molecular formula is C13H20N4O2. The number of nitrogens with zero attached hydrogens (tertiary/aromatic N) is 2. The highest BCUT2D eigenvalue weighted by Crippen LogP contribution is 2.12. The van der Waals surface area contributed by atoms with Gasteiger partial charge in [-0.1, -0.05) is 6.07 Å². The Hall–Kier alpha value is -1.66. The van der Waals surface area contributed by atoms with Crippen LogP contribution in [0.15, 0.2) is 18.3 Å². The Morgan fingerprint density at radius 3 is 2.84 bits per heavy atom. The van der Waals surface area contributed by atoms with E-state index in [-0.39, 0.29) is 5.91 Å². The highest BCUT2D eigenvalue weighted by atomic mass is 16.5. The first-order chi connectivity index (χ1) is 9.16. The molecule has 2 heterocycles. The van der Waals surface area contributed by atoms with Gasteiger partial charge in [0.2, 0.25) is 5.91 Å². The topological polar surface area (TPSA) is 80.5 Å². The summed E-state index contributed by atoms with van der Waals surface area (Å²) in [6, 6.07) is 3.46.